The first-order valence-corrected chi connectivity index (χ1v) is 5.56. The van der Waals surface area contributed by atoms with Gasteiger partial charge >= 0.3 is 5.97 Å². The van der Waals surface area contributed by atoms with Crippen molar-refractivity contribution in [3.8, 4) is 0 Å². The van der Waals surface area contributed by atoms with Crippen molar-refractivity contribution in [3.05, 3.63) is 22.4 Å². The first-order valence-electron chi connectivity index (χ1n) is 4.68. The van der Waals surface area contributed by atoms with Gasteiger partial charge in [-0.25, -0.2) is 4.79 Å². The van der Waals surface area contributed by atoms with E-state index in [0.29, 0.717) is 12.8 Å². The highest BCUT2D eigenvalue weighted by Gasteiger charge is 2.19. The Labute approximate surface area is 91.9 Å². The number of amides is 1. The normalized spacial score (nSPS) is 12.1. The van der Waals surface area contributed by atoms with Gasteiger partial charge in [0.05, 0.1) is 0 Å². The van der Waals surface area contributed by atoms with Gasteiger partial charge in [0.1, 0.15) is 6.04 Å². The molecule has 1 unspecified atom stereocenters. The Balaban J connectivity index is 2.59. The molecular formula is C10H13NO3S. The van der Waals surface area contributed by atoms with E-state index in [9.17, 15) is 9.59 Å². The average molecular weight is 227 g/mol. The minimum Gasteiger partial charge on any atom is -0.480 e. The lowest BCUT2D eigenvalue weighted by atomic mass is 10.2. The Hall–Kier alpha value is -1.36. The van der Waals surface area contributed by atoms with Crippen LogP contribution in [0.4, 0.5) is 0 Å². The van der Waals surface area contributed by atoms with Gasteiger partial charge in [-0.15, -0.1) is 11.3 Å². The lowest BCUT2D eigenvalue weighted by Crippen LogP contribution is -2.41. The fourth-order valence-electron chi connectivity index (χ4n) is 1.13. The molecule has 0 spiro atoms. The molecule has 4 nitrogen and oxygen atoms in total. The third-order valence-corrected chi connectivity index (χ3v) is 2.84. The molecule has 0 aliphatic heterocycles. The molecule has 82 valence electrons. The fraction of sp³-hybridized carbons (Fsp3) is 0.400. The second kappa shape index (κ2) is 5.50. The van der Waals surface area contributed by atoms with Gasteiger partial charge in [0.15, 0.2) is 0 Å². The van der Waals surface area contributed by atoms with Crippen LogP contribution in [0.25, 0.3) is 0 Å². The molecule has 1 rings (SSSR count). The molecule has 0 radical (unpaired) electrons. The number of thiophene rings is 1. The summed E-state index contributed by atoms with van der Waals surface area (Å²) in [5, 5.41) is 13.3. The molecule has 2 N–H and O–H groups in total. The number of hydrogen-bond donors (Lipinski definition) is 2. The summed E-state index contributed by atoms with van der Waals surface area (Å²) < 4.78 is 0. The predicted octanol–water partition coefficient (Wildman–Crippen LogP) is 1.27. The number of nitrogens with one attached hydrogen (secondary N) is 1. The highest BCUT2D eigenvalue weighted by Crippen LogP contribution is 2.11. The van der Waals surface area contributed by atoms with E-state index in [4.69, 9.17) is 5.11 Å². The van der Waals surface area contributed by atoms with Gasteiger partial charge in [-0.1, -0.05) is 13.0 Å². The number of aliphatic carboxylic acids is 1. The maximum Gasteiger partial charge on any atom is 0.326 e. The van der Waals surface area contributed by atoms with E-state index in [2.05, 4.69) is 5.32 Å². The van der Waals surface area contributed by atoms with Gasteiger partial charge in [0, 0.05) is 17.7 Å². The summed E-state index contributed by atoms with van der Waals surface area (Å²) in [5.74, 6) is -1.23. The van der Waals surface area contributed by atoms with Crippen LogP contribution in [0.5, 0.6) is 0 Å². The van der Waals surface area contributed by atoms with Crippen LogP contribution in [0.1, 0.15) is 18.2 Å². The van der Waals surface area contributed by atoms with Crippen molar-refractivity contribution in [1.29, 1.82) is 0 Å². The topological polar surface area (TPSA) is 66.4 Å². The van der Waals surface area contributed by atoms with Crippen molar-refractivity contribution < 1.29 is 14.7 Å². The van der Waals surface area contributed by atoms with Crippen LogP contribution in [-0.4, -0.2) is 23.0 Å². The quantitative estimate of drug-likeness (QED) is 0.796. The van der Waals surface area contributed by atoms with E-state index in [-0.39, 0.29) is 5.91 Å². The molecule has 1 aromatic rings. The maximum atomic E-state index is 11.1. The van der Waals surface area contributed by atoms with Crippen LogP contribution >= 0.6 is 11.3 Å². The molecule has 5 heteroatoms. The van der Waals surface area contributed by atoms with Crippen LogP contribution in [0.15, 0.2) is 17.5 Å². The van der Waals surface area contributed by atoms with Gasteiger partial charge in [-0.05, 0) is 11.4 Å². The van der Waals surface area contributed by atoms with Crippen LogP contribution in [0.2, 0.25) is 0 Å². The van der Waals surface area contributed by atoms with Crippen molar-refractivity contribution in [1.82, 2.24) is 5.32 Å². The lowest BCUT2D eigenvalue weighted by Gasteiger charge is -2.12. The molecular weight excluding hydrogens is 214 g/mol. The Morgan fingerprint density at radius 2 is 2.33 bits per heavy atom. The zero-order valence-corrected chi connectivity index (χ0v) is 9.21. The minimum absolute atomic E-state index is 0.237. The number of carbonyl (C=O) groups is 2. The van der Waals surface area contributed by atoms with Crippen LogP contribution in [0.3, 0.4) is 0 Å². The van der Waals surface area contributed by atoms with Crippen LogP contribution in [0, 0.1) is 0 Å². The molecule has 0 fully saturated rings. The van der Waals surface area contributed by atoms with E-state index in [1.807, 2.05) is 17.5 Å². The summed E-state index contributed by atoms with van der Waals surface area (Å²) in [6, 6.07) is 2.90. The summed E-state index contributed by atoms with van der Waals surface area (Å²) in [5.41, 5.74) is 0. The minimum atomic E-state index is -0.995. The van der Waals surface area contributed by atoms with Crippen LogP contribution in [-0.2, 0) is 16.0 Å². The maximum absolute atomic E-state index is 11.1. The van der Waals surface area contributed by atoms with E-state index in [0.717, 1.165) is 4.88 Å². The summed E-state index contributed by atoms with van der Waals surface area (Å²) in [4.78, 5) is 22.9. The first-order chi connectivity index (χ1) is 7.13. The van der Waals surface area contributed by atoms with E-state index in [1.54, 1.807) is 6.92 Å². The van der Waals surface area contributed by atoms with E-state index >= 15 is 0 Å². The van der Waals surface area contributed by atoms with Crippen molar-refractivity contribution in [2.45, 2.75) is 25.8 Å². The first kappa shape index (κ1) is 11.7. The number of carboxylic acid groups (broad SMARTS) is 1. The number of hydrogen-bond acceptors (Lipinski definition) is 3. The third kappa shape index (κ3) is 3.71. The number of carboxylic acids is 1. The summed E-state index contributed by atoms with van der Waals surface area (Å²) in [6.45, 7) is 1.69. The van der Waals surface area contributed by atoms with Crippen molar-refractivity contribution in [2.75, 3.05) is 0 Å². The second-order valence-electron chi connectivity index (χ2n) is 3.10. The lowest BCUT2D eigenvalue weighted by molar-refractivity contribution is -0.141. The highest BCUT2D eigenvalue weighted by molar-refractivity contribution is 7.09. The Kier molecular flexibility index (Phi) is 4.30. The molecule has 1 amide bonds. The van der Waals surface area contributed by atoms with Gasteiger partial charge in [0.25, 0.3) is 0 Å². The van der Waals surface area contributed by atoms with Gasteiger partial charge in [-0.3, -0.25) is 4.79 Å². The highest BCUT2D eigenvalue weighted by atomic mass is 32.1. The summed E-state index contributed by atoms with van der Waals surface area (Å²) in [6.07, 6.45) is 0.646. The molecule has 1 heterocycles. The zero-order chi connectivity index (χ0) is 11.3. The largest absolute Gasteiger partial charge is 0.480 e. The Morgan fingerprint density at radius 1 is 1.60 bits per heavy atom. The molecule has 0 saturated heterocycles. The van der Waals surface area contributed by atoms with E-state index in [1.165, 1.54) is 11.3 Å². The van der Waals surface area contributed by atoms with Crippen LogP contribution < -0.4 is 5.32 Å². The number of carbonyl (C=O) groups excluding carboxylic acids is 1. The Morgan fingerprint density at radius 3 is 2.80 bits per heavy atom. The average Bonchev–Trinajstić information content (AvgIpc) is 2.69. The molecule has 0 saturated carbocycles. The van der Waals surface area contributed by atoms with Crippen molar-refractivity contribution >= 4 is 23.2 Å². The van der Waals surface area contributed by atoms with E-state index < -0.39 is 12.0 Å². The van der Waals surface area contributed by atoms with Gasteiger partial charge in [0.2, 0.25) is 5.91 Å². The Bertz CT molecular complexity index is 334. The van der Waals surface area contributed by atoms with Gasteiger partial charge in [-0.2, -0.15) is 0 Å². The van der Waals surface area contributed by atoms with Crippen molar-refractivity contribution in [3.63, 3.8) is 0 Å². The smallest absolute Gasteiger partial charge is 0.326 e. The molecule has 1 atom stereocenters. The predicted molar refractivity (Wildman–Crippen MR) is 57.9 cm³/mol. The van der Waals surface area contributed by atoms with Crippen molar-refractivity contribution in [2.24, 2.45) is 0 Å². The SMILES string of the molecule is CCC(=O)NC(Cc1cccs1)C(=O)O. The summed E-state index contributed by atoms with van der Waals surface area (Å²) in [7, 11) is 0. The molecule has 15 heavy (non-hydrogen) atoms. The molecule has 0 bridgehead atoms. The molecule has 0 aromatic carbocycles. The monoisotopic (exact) mass is 227 g/mol. The second-order valence-corrected chi connectivity index (χ2v) is 4.13. The van der Waals surface area contributed by atoms with Gasteiger partial charge < -0.3 is 10.4 Å². The molecule has 1 aromatic heterocycles. The fourth-order valence-corrected chi connectivity index (χ4v) is 1.88. The standard InChI is InChI=1S/C10H13NO3S/c1-2-9(12)11-8(10(13)14)6-7-4-3-5-15-7/h3-5,8H,2,6H2,1H3,(H,11,12)(H,13,14). The summed E-state index contributed by atoms with van der Waals surface area (Å²) >= 11 is 1.49. The third-order valence-electron chi connectivity index (χ3n) is 1.94. The zero-order valence-electron chi connectivity index (χ0n) is 8.40. The molecule has 0 aliphatic carbocycles. The molecule has 0 aliphatic rings. The number of rotatable bonds is 5.